The molecule has 0 spiro atoms. The van der Waals surface area contributed by atoms with Crippen molar-refractivity contribution < 1.29 is 4.79 Å². The molecule has 0 radical (unpaired) electrons. The maximum absolute atomic E-state index is 11.7. The average molecular weight is 170 g/mol. The molecule has 3 heteroatoms. The maximum Gasteiger partial charge on any atom is 0.228 e. The molecular formula is C9H18N2O. The highest BCUT2D eigenvalue weighted by molar-refractivity contribution is 5.81. The summed E-state index contributed by atoms with van der Waals surface area (Å²) in [4.78, 5) is 13.6. The fourth-order valence-electron chi connectivity index (χ4n) is 1.34. The van der Waals surface area contributed by atoms with Crippen molar-refractivity contribution in [2.24, 2.45) is 5.41 Å². The number of amides is 1. The van der Waals surface area contributed by atoms with Crippen LogP contribution in [0.4, 0.5) is 0 Å². The first-order valence-electron chi connectivity index (χ1n) is 4.52. The summed E-state index contributed by atoms with van der Waals surface area (Å²) in [6, 6.07) is 0. The molecule has 0 unspecified atom stereocenters. The predicted molar refractivity (Wildman–Crippen MR) is 48.7 cm³/mol. The van der Waals surface area contributed by atoms with Gasteiger partial charge in [-0.3, -0.25) is 10.1 Å². The fraction of sp³-hybridized carbons (Fsp3) is 0.889. The minimum atomic E-state index is -0.237. The van der Waals surface area contributed by atoms with Crippen LogP contribution in [0.5, 0.6) is 0 Å². The van der Waals surface area contributed by atoms with Gasteiger partial charge >= 0.3 is 0 Å². The van der Waals surface area contributed by atoms with E-state index in [1.54, 1.807) is 0 Å². The molecule has 0 aromatic rings. The van der Waals surface area contributed by atoms with Gasteiger partial charge < -0.3 is 4.90 Å². The van der Waals surface area contributed by atoms with Gasteiger partial charge in [0.05, 0.1) is 6.67 Å². The molecular weight excluding hydrogens is 152 g/mol. The lowest BCUT2D eigenvalue weighted by molar-refractivity contribution is -0.140. The van der Waals surface area contributed by atoms with E-state index in [4.69, 9.17) is 0 Å². The summed E-state index contributed by atoms with van der Waals surface area (Å²) >= 11 is 0. The smallest absolute Gasteiger partial charge is 0.228 e. The fourth-order valence-corrected chi connectivity index (χ4v) is 1.34. The van der Waals surface area contributed by atoms with Crippen LogP contribution in [0.15, 0.2) is 0 Å². The summed E-state index contributed by atoms with van der Waals surface area (Å²) < 4.78 is 0. The van der Waals surface area contributed by atoms with Crippen LogP contribution in [0.25, 0.3) is 0 Å². The summed E-state index contributed by atoms with van der Waals surface area (Å²) in [6.07, 6.45) is 1.07. The summed E-state index contributed by atoms with van der Waals surface area (Å²) in [5, 5.41) is 3.19. The van der Waals surface area contributed by atoms with Crippen LogP contribution in [-0.4, -0.2) is 30.6 Å². The topological polar surface area (TPSA) is 32.3 Å². The van der Waals surface area contributed by atoms with Gasteiger partial charge in [0, 0.05) is 12.0 Å². The Morgan fingerprint density at radius 3 is 2.50 bits per heavy atom. The van der Waals surface area contributed by atoms with Gasteiger partial charge in [0.25, 0.3) is 0 Å². The summed E-state index contributed by atoms with van der Waals surface area (Å²) in [5.74, 6) is 0.245. The average Bonchev–Trinajstić information content (AvgIpc) is 2.03. The minimum absolute atomic E-state index is 0.237. The molecule has 0 bridgehead atoms. The van der Waals surface area contributed by atoms with Crippen molar-refractivity contribution in [1.29, 1.82) is 0 Å². The van der Waals surface area contributed by atoms with Gasteiger partial charge in [0.15, 0.2) is 0 Å². The zero-order valence-corrected chi connectivity index (χ0v) is 8.18. The maximum atomic E-state index is 11.7. The van der Waals surface area contributed by atoms with Gasteiger partial charge in [0.1, 0.15) is 0 Å². The molecule has 12 heavy (non-hydrogen) atoms. The SMILES string of the molecule is CC(C)(C)C(=O)N1CCCNC1. The Morgan fingerprint density at radius 2 is 2.08 bits per heavy atom. The highest BCUT2D eigenvalue weighted by atomic mass is 16.2. The van der Waals surface area contributed by atoms with Crippen LogP contribution < -0.4 is 5.32 Å². The second-order valence-electron chi connectivity index (χ2n) is 4.33. The Balaban J connectivity index is 2.51. The molecule has 1 aliphatic rings. The molecule has 3 nitrogen and oxygen atoms in total. The van der Waals surface area contributed by atoms with Crippen LogP contribution in [0.3, 0.4) is 0 Å². The van der Waals surface area contributed by atoms with E-state index < -0.39 is 0 Å². The van der Waals surface area contributed by atoms with E-state index in [0.29, 0.717) is 0 Å². The van der Waals surface area contributed by atoms with Gasteiger partial charge in [-0.1, -0.05) is 20.8 Å². The van der Waals surface area contributed by atoms with Gasteiger partial charge in [-0.15, -0.1) is 0 Å². The molecule has 1 amide bonds. The molecule has 1 rings (SSSR count). The lowest BCUT2D eigenvalue weighted by atomic mass is 9.94. The molecule has 70 valence electrons. The van der Waals surface area contributed by atoms with Crippen LogP contribution in [-0.2, 0) is 4.79 Å². The number of nitrogens with zero attached hydrogens (tertiary/aromatic N) is 1. The standard InChI is InChI=1S/C9H18N2O/c1-9(2,3)8(12)11-6-4-5-10-7-11/h10H,4-7H2,1-3H3. The van der Waals surface area contributed by atoms with E-state index in [2.05, 4.69) is 5.32 Å². The van der Waals surface area contributed by atoms with E-state index in [-0.39, 0.29) is 11.3 Å². The van der Waals surface area contributed by atoms with Crippen LogP contribution in [0.1, 0.15) is 27.2 Å². The van der Waals surface area contributed by atoms with Crippen LogP contribution in [0.2, 0.25) is 0 Å². The molecule has 1 N–H and O–H groups in total. The van der Waals surface area contributed by atoms with E-state index in [9.17, 15) is 4.79 Å². The summed E-state index contributed by atoms with van der Waals surface area (Å²) in [7, 11) is 0. The highest BCUT2D eigenvalue weighted by Gasteiger charge is 2.27. The number of carbonyl (C=O) groups is 1. The Bertz CT molecular complexity index is 166. The second-order valence-corrected chi connectivity index (χ2v) is 4.33. The van der Waals surface area contributed by atoms with Crippen molar-refractivity contribution in [3.63, 3.8) is 0 Å². The normalized spacial score (nSPS) is 19.4. The molecule has 1 saturated heterocycles. The van der Waals surface area contributed by atoms with Crippen molar-refractivity contribution in [3.05, 3.63) is 0 Å². The Morgan fingerprint density at radius 1 is 1.42 bits per heavy atom. The monoisotopic (exact) mass is 170 g/mol. The number of hydrogen-bond acceptors (Lipinski definition) is 2. The molecule has 0 aliphatic carbocycles. The molecule has 0 saturated carbocycles. The van der Waals surface area contributed by atoms with Crippen LogP contribution in [0, 0.1) is 5.41 Å². The summed E-state index contributed by atoms with van der Waals surface area (Å²) in [6.45, 7) is 8.55. The minimum Gasteiger partial charge on any atom is -0.329 e. The molecule has 0 atom stereocenters. The first-order valence-corrected chi connectivity index (χ1v) is 4.52. The van der Waals surface area contributed by atoms with E-state index in [1.165, 1.54) is 0 Å². The zero-order chi connectivity index (χ0) is 9.19. The van der Waals surface area contributed by atoms with E-state index in [0.717, 1.165) is 26.2 Å². The van der Waals surface area contributed by atoms with E-state index >= 15 is 0 Å². The zero-order valence-electron chi connectivity index (χ0n) is 8.18. The molecule has 1 aliphatic heterocycles. The van der Waals surface area contributed by atoms with Crippen LogP contribution >= 0.6 is 0 Å². The molecule has 0 aromatic carbocycles. The quantitative estimate of drug-likeness (QED) is 0.583. The van der Waals surface area contributed by atoms with Gasteiger partial charge in [-0.25, -0.2) is 0 Å². The number of carbonyl (C=O) groups excluding carboxylic acids is 1. The molecule has 0 aromatic heterocycles. The lowest BCUT2D eigenvalue weighted by Crippen LogP contribution is -2.48. The van der Waals surface area contributed by atoms with Crippen molar-refractivity contribution in [1.82, 2.24) is 10.2 Å². The highest BCUT2D eigenvalue weighted by Crippen LogP contribution is 2.17. The van der Waals surface area contributed by atoms with Crippen molar-refractivity contribution >= 4 is 5.91 Å². The summed E-state index contributed by atoms with van der Waals surface area (Å²) in [5.41, 5.74) is -0.237. The number of rotatable bonds is 0. The third-order valence-corrected chi connectivity index (χ3v) is 2.01. The molecule has 1 fully saturated rings. The van der Waals surface area contributed by atoms with Crippen molar-refractivity contribution in [2.75, 3.05) is 19.8 Å². The van der Waals surface area contributed by atoms with Gasteiger partial charge in [-0.05, 0) is 13.0 Å². The van der Waals surface area contributed by atoms with Gasteiger partial charge in [0.2, 0.25) is 5.91 Å². The Kier molecular flexibility index (Phi) is 2.73. The first kappa shape index (κ1) is 9.52. The molecule has 1 heterocycles. The predicted octanol–water partition coefficient (Wildman–Crippen LogP) is 0.812. The second kappa shape index (κ2) is 3.44. The van der Waals surface area contributed by atoms with Crippen molar-refractivity contribution in [2.45, 2.75) is 27.2 Å². The van der Waals surface area contributed by atoms with E-state index in [1.807, 2.05) is 25.7 Å². The van der Waals surface area contributed by atoms with Gasteiger partial charge in [-0.2, -0.15) is 0 Å². The lowest BCUT2D eigenvalue weighted by Gasteiger charge is -2.32. The number of nitrogens with one attached hydrogen (secondary N) is 1. The first-order chi connectivity index (χ1) is 5.52. The number of hydrogen-bond donors (Lipinski definition) is 1. The third-order valence-electron chi connectivity index (χ3n) is 2.01. The Labute approximate surface area is 74.1 Å². The van der Waals surface area contributed by atoms with Crippen molar-refractivity contribution in [3.8, 4) is 0 Å². The third kappa shape index (κ3) is 2.21. The Hall–Kier alpha value is -0.570. The largest absolute Gasteiger partial charge is 0.329 e.